The number of rotatable bonds is 3. The quantitative estimate of drug-likeness (QED) is 0.922. The van der Waals surface area contributed by atoms with E-state index in [1.54, 1.807) is 0 Å². The van der Waals surface area contributed by atoms with Crippen LogP contribution in [-0.4, -0.2) is 18.2 Å². The standard InChI is InChI=1S/C14H20BrNO/c1-10-7-14(8-11(2)17-10)16-9-12-3-5-13(15)6-4-12/h3-6,10-11,14,16H,7-9H2,1-2H3. The molecule has 0 spiro atoms. The fraction of sp³-hybridized carbons (Fsp3) is 0.571. The monoisotopic (exact) mass is 297 g/mol. The molecule has 1 fully saturated rings. The highest BCUT2D eigenvalue weighted by Gasteiger charge is 2.23. The summed E-state index contributed by atoms with van der Waals surface area (Å²) >= 11 is 3.45. The summed E-state index contributed by atoms with van der Waals surface area (Å²) in [6.07, 6.45) is 2.98. The van der Waals surface area contributed by atoms with Crippen LogP contribution in [0.25, 0.3) is 0 Å². The van der Waals surface area contributed by atoms with Crippen LogP contribution in [-0.2, 0) is 11.3 Å². The largest absolute Gasteiger partial charge is 0.375 e. The van der Waals surface area contributed by atoms with Crippen molar-refractivity contribution in [2.45, 2.75) is 51.5 Å². The maximum atomic E-state index is 5.74. The average molecular weight is 298 g/mol. The number of ether oxygens (including phenoxy) is 1. The van der Waals surface area contributed by atoms with Crippen LogP contribution in [0.5, 0.6) is 0 Å². The van der Waals surface area contributed by atoms with E-state index in [-0.39, 0.29) is 0 Å². The fourth-order valence-corrected chi connectivity index (χ4v) is 2.70. The molecule has 0 saturated carbocycles. The summed E-state index contributed by atoms with van der Waals surface area (Å²) in [6, 6.07) is 9.07. The molecule has 1 aliphatic heterocycles. The molecule has 0 aliphatic carbocycles. The van der Waals surface area contributed by atoms with Gasteiger partial charge in [-0.25, -0.2) is 0 Å². The molecular formula is C14H20BrNO. The van der Waals surface area contributed by atoms with Crippen molar-refractivity contribution >= 4 is 15.9 Å². The zero-order valence-electron chi connectivity index (χ0n) is 10.4. The number of hydrogen-bond donors (Lipinski definition) is 1. The molecule has 1 N–H and O–H groups in total. The first-order valence-electron chi connectivity index (χ1n) is 6.27. The maximum absolute atomic E-state index is 5.74. The number of nitrogens with one attached hydrogen (secondary N) is 1. The van der Waals surface area contributed by atoms with Gasteiger partial charge in [-0.2, -0.15) is 0 Å². The third-order valence-corrected chi connectivity index (χ3v) is 3.73. The minimum absolute atomic E-state index is 0.376. The van der Waals surface area contributed by atoms with E-state index in [1.165, 1.54) is 5.56 Å². The molecule has 17 heavy (non-hydrogen) atoms. The van der Waals surface area contributed by atoms with Gasteiger partial charge in [0, 0.05) is 17.1 Å². The Hall–Kier alpha value is -0.380. The Bertz CT molecular complexity index is 342. The molecular weight excluding hydrogens is 278 g/mol. The van der Waals surface area contributed by atoms with Gasteiger partial charge in [0.1, 0.15) is 0 Å². The van der Waals surface area contributed by atoms with Crippen molar-refractivity contribution in [3.8, 4) is 0 Å². The lowest BCUT2D eigenvalue weighted by atomic mass is 9.99. The first-order valence-corrected chi connectivity index (χ1v) is 7.06. The summed E-state index contributed by atoms with van der Waals surface area (Å²) in [5.74, 6) is 0. The molecule has 3 heteroatoms. The van der Waals surface area contributed by atoms with Crippen LogP contribution >= 0.6 is 15.9 Å². The Morgan fingerprint density at radius 3 is 2.35 bits per heavy atom. The first-order chi connectivity index (χ1) is 8.13. The normalized spacial score (nSPS) is 29.2. The van der Waals surface area contributed by atoms with Crippen molar-refractivity contribution < 1.29 is 4.74 Å². The van der Waals surface area contributed by atoms with E-state index >= 15 is 0 Å². The zero-order chi connectivity index (χ0) is 12.3. The Morgan fingerprint density at radius 2 is 1.76 bits per heavy atom. The summed E-state index contributed by atoms with van der Waals surface area (Å²) in [5.41, 5.74) is 1.33. The highest BCUT2D eigenvalue weighted by Crippen LogP contribution is 2.19. The molecule has 1 aromatic rings. The average Bonchev–Trinajstić information content (AvgIpc) is 2.27. The third kappa shape index (κ3) is 4.09. The van der Waals surface area contributed by atoms with E-state index in [0.717, 1.165) is 23.9 Å². The highest BCUT2D eigenvalue weighted by molar-refractivity contribution is 9.10. The fourth-order valence-electron chi connectivity index (χ4n) is 2.44. The lowest BCUT2D eigenvalue weighted by molar-refractivity contribution is -0.0422. The van der Waals surface area contributed by atoms with Crippen molar-refractivity contribution in [3.05, 3.63) is 34.3 Å². The second kappa shape index (κ2) is 5.98. The molecule has 1 saturated heterocycles. The van der Waals surface area contributed by atoms with Crippen LogP contribution < -0.4 is 5.32 Å². The van der Waals surface area contributed by atoms with Crippen molar-refractivity contribution in [2.75, 3.05) is 0 Å². The first kappa shape index (κ1) is 13.1. The molecule has 2 nitrogen and oxygen atoms in total. The topological polar surface area (TPSA) is 21.3 Å². The molecule has 1 aliphatic rings. The van der Waals surface area contributed by atoms with Crippen LogP contribution in [0.4, 0.5) is 0 Å². The van der Waals surface area contributed by atoms with Crippen molar-refractivity contribution in [1.29, 1.82) is 0 Å². The smallest absolute Gasteiger partial charge is 0.0565 e. The predicted molar refractivity (Wildman–Crippen MR) is 74.0 cm³/mol. The Labute approximate surface area is 112 Å². The number of benzene rings is 1. The summed E-state index contributed by atoms with van der Waals surface area (Å²) in [4.78, 5) is 0. The molecule has 2 atom stereocenters. The maximum Gasteiger partial charge on any atom is 0.0565 e. The summed E-state index contributed by atoms with van der Waals surface area (Å²) in [6.45, 7) is 5.26. The molecule has 1 aromatic carbocycles. The van der Waals surface area contributed by atoms with Gasteiger partial charge in [0.25, 0.3) is 0 Å². The van der Waals surface area contributed by atoms with E-state index in [0.29, 0.717) is 18.2 Å². The van der Waals surface area contributed by atoms with Gasteiger partial charge in [-0.05, 0) is 44.4 Å². The highest BCUT2D eigenvalue weighted by atomic mass is 79.9. The van der Waals surface area contributed by atoms with Crippen LogP contribution in [0.1, 0.15) is 32.3 Å². The van der Waals surface area contributed by atoms with E-state index in [2.05, 4.69) is 59.4 Å². The van der Waals surface area contributed by atoms with Gasteiger partial charge in [-0.1, -0.05) is 28.1 Å². The lowest BCUT2D eigenvalue weighted by Crippen LogP contribution is -2.40. The molecule has 94 valence electrons. The van der Waals surface area contributed by atoms with Gasteiger partial charge in [0.15, 0.2) is 0 Å². The van der Waals surface area contributed by atoms with Crippen molar-refractivity contribution in [2.24, 2.45) is 0 Å². The minimum Gasteiger partial charge on any atom is -0.375 e. The molecule has 0 bridgehead atoms. The lowest BCUT2D eigenvalue weighted by Gasteiger charge is -2.32. The van der Waals surface area contributed by atoms with E-state index in [1.807, 2.05) is 0 Å². The van der Waals surface area contributed by atoms with Gasteiger partial charge in [0.05, 0.1) is 12.2 Å². The SMILES string of the molecule is CC1CC(NCc2ccc(Br)cc2)CC(C)O1. The molecule has 0 aromatic heterocycles. The van der Waals surface area contributed by atoms with Gasteiger partial charge >= 0.3 is 0 Å². The second-order valence-corrected chi connectivity index (χ2v) is 5.85. The molecule has 0 amide bonds. The molecule has 2 unspecified atom stereocenters. The number of hydrogen-bond acceptors (Lipinski definition) is 2. The van der Waals surface area contributed by atoms with E-state index < -0.39 is 0 Å². The van der Waals surface area contributed by atoms with Crippen LogP contribution in [0, 0.1) is 0 Å². The van der Waals surface area contributed by atoms with E-state index in [4.69, 9.17) is 4.74 Å². The minimum atomic E-state index is 0.376. The number of halogens is 1. The predicted octanol–water partition coefficient (Wildman–Crippen LogP) is 3.49. The van der Waals surface area contributed by atoms with Crippen molar-refractivity contribution in [3.63, 3.8) is 0 Å². The van der Waals surface area contributed by atoms with Gasteiger partial charge in [-0.15, -0.1) is 0 Å². The van der Waals surface area contributed by atoms with Gasteiger partial charge < -0.3 is 10.1 Å². The molecule has 0 radical (unpaired) electrons. The summed E-state index contributed by atoms with van der Waals surface area (Å²) in [5, 5.41) is 3.62. The van der Waals surface area contributed by atoms with Crippen LogP contribution in [0.2, 0.25) is 0 Å². The molecule has 1 heterocycles. The molecule has 2 rings (SSSR count). The van der Waals surface area contributed by atoms with E-state index in [9.17, 15) is 0 Å². The Morgan fingerprint density at radius 1 is 1.18 bits per heavy atom. The Kier molecular flexibility index (Phi) is 4.60. The zero-order valence-corrected chi connectivity index (χ0v) is 12.0. The van der Waals surface area contributed by atoms with Gasteiger partial charge in [-0.3, -0.25) is 0 Å². The summed E-state index contributed by atoms with van der Waals surface area (Å²) in [7, 11) is 0. The summed E-state index contributed by atoms with van der Waals surface area (Å²) < 4.78 is 6.87. The third-order valence-electron chi connectivity index (χ3n) is 3.21. The van der Waals surface area contributed by atoms with Gasteiger partial charge in [0.2, 0.25) is 0 Å². The van der Waals surface area contributed by atoms with Crippen molar-refractivity contribution in [1.82, 2.24) is 5.32 Å². The van der Waals surface area contributed by atoms with Crippen LogP contribution in [0.3, 0.4) is 0 Å². The second-order valence-electron chi connectivity index (χ2n) is 4.93. The van der Waals surface area contributed by atoms with Crippen LogP contribution in [0.15, 0.2) is 28.7 Å². The Balaban J connectivity index is 1.83.